The Morgan fingerprint density at radius 2 is 1.60 bits per heavy atom. The van der Waals surface area contributed by atoms with Gasteiger partial charge in [0.1, 0.15) is 5.75 Å². The Labute approximate surface area is 304 Å². The fraction of sp³-hybridized carbons (Fsp3) is 0.100. The van der Waals surface area contributed by atoms with Crippen LogP contribution in [0.25, 0.3) is 10.8 Å². The minimum absolute atomic E-state index is 0.00497. The zero-order valence-corrected chi connectivity index (χ0v) is 29.3. The normalized spacial score (nSPS) is 11.6. The molecule has 5 aromatic rings. The van der Waals surface area contributed by atoms with E-state index in [-0.39, 0.29) is 68.2 Å². The average molecular weight is 790 g/mol. The molecule has 278 valence electrons. The summed E-state index contributed by atoms with van der Waals surface area (Å²) >= 11 is 0.473. The molecule has 0 aliphatic carbocycles. The number of hydrogen-bond donors (Lipinski definition) is 8. The highest BCUT2D eigenvalue weighted by molar-refractivity contribution is 7.94. The number of nitrogens with zero attached hydrogens (tertiary/aromatic N) is 4. The van der Waals surface area contributed by atoms with E-state index in [0.717, 1.165) is 12.1 Å². The first-order chi connectivity index (χ1) is 25.0. The van der Waals surface area contributed by atoms with Crippen molar-refractivity contribution in [3.8, 4) is 5.75 Å². The van der Waals surface area contributed by atoms with Crippen molar-refractivity contribution in [1.29, 1.82) is 0 Å². The number of aromatic carboxylic acids is 1. The zero-order chi connectivity index (χ0) is 38.5. The molecule has 0 saturated carbocycles. The summed E-state index contributed by atoms with van der Waals surface area (Å²) in [5.41, 5.74) is 0.0734. The van der Waals surface area contributed by atoms with E-state index in [0.29, 0.717) is 12.0 Å². The van der Waals surface area contributed by atoms with Crippen LogP contribution in [0.15, 0.2) is 82.6 Å². The van der Waals surface area contributed by atoms with E-state index in [1.165, 1.54) is 66.5 Å². The molecule has 0 saturated heterocycles. The van der Waals surface area contributed by atoms with E-state index in [2.05, 4.69) is 40.3 Å². The molecule has 23 heteroatoms. The van der Waals surface area contributed by atoms with Gasteiger partial charge in [-0.2, -0.15) is 31.8 Å². The minimum Gasteiger partial charge on any atom is -0.507 e. The Balaban J connectivity index is 1.47. The monoisotopic (exact) mass is 789 g/mol. The van der Waals surface area contributed by atoms with Crippen molar-refractivity contribution in [2.24, 2.45) is 0 Å². The smallest absolute Gasteiger partial charge is 0.337 e. The first-order valence-electron chi connectivity index (χ1n) is 14.6. The number of amides is 1. The van der Waals surface area contributed by atoms with Crippen molar-refractivity contribution < 1.29 is 60.4 Å². The summed E-state index contributed by atoms with van der Waals surface area (Å²) in [6.07, 6.45) is 0. The summed E-state index contributed by atoms with van der Waals surface area (Å²) in [5, 5.41) is 40.7. The number of phenolic OH excluding ortho intramolecular Hbond substituents is 1. The first-order valence-corrected chi connectivity index (χ1v) is 18.4. The number of anilines is 6. The number of para-hydroxylation sites is 1. The second kappa shape index (κ2) is 15.9. The Hall–Kier alpha value is -5.66. The number of carboxylic acids is 1. The number of aromatic nitrogens is 3. The predicted octanol–water partition coefficient (Wildman–Crippen LogP) is 4.17. The summed E-state index contributed by atoms with van der Waals surface area (Å²) in [7, 11) is -7.70. The predicted molar refractivity (Wildman–Crippen MR) is 190 cm³/mol. The number of nitrogens with one attached hydrogen (secondary N) is 3. The van der Waals surface area contributed by atoms with Gasteiger partial charge >= 0.3 is 5.97 Å². The average Bonchev–Trinajstić information content (AvgIpc) is 3.08. The third kappa shape index (κ3) is 10.0. The second-order valence-electron chi connectivity index (χ2n) is 10.8. The first kappa shape index (κ1) is 38.6. The molecule has 20 nitrogen and oxygen atoms in total. The van der Waals surface area contributed by atoms with Crippen molar-refractivity contribution in [1.82, 2.24) is 15.0 Å². The molecular weight excluding hydrogens is 763 g/mol. The molecule has 0 radical (unpaired) electrons. The SMILES string of the molecule is CN(CCS(=O)(=O)O)c1nc(Nc2cccc(C(=O)Nc3cc(S(=O)(=O)O)cc4cc(SOOO)cc(O)c34)c2)nc(Nc2ccccc2C(=O)O)n1. The number of hydrogen-bond acceptors (Lipinski definition) is 17. The van der Waals surface area contributed by atoms with Crippen molar-refractivity contribution in [3.05, 3.63) is 83.9 Å². The van der Waals surface area contributed by atoms with Gasteiger partial charge in [0, 0.05) is 35.1 Å². The lowest BCUT2D eigenvalue weighted by atomic mass is 10.1. The third-order valence-corrected chi connectivity index (χ3v) is 9.20. The molecule has 1 amide bonds. The lowest BCUT2D eigenvalue weighted by molar-refractivity contribution is -0.432. The van der Waals surface area contributed by atoms with E-state index in [9.17, 15) is 45.7 Å². The number of carbonyl (C=O) groups excluding carboxylic acids is 1. The van der Waals surface area contributed by atoms with Crippen LogP contribution in [-0.2, 0) is 29.6 Å². The van der Waals surface area contributed by atoms with Gasteiger partial charge in [-0.15, -0.1) is 4.33 Å². The lowest BCUT2D eigenvalue weighted by Gasteiger charge is -2.18. The summed E-state index contributed by atoms with van der Waals surface area (Å²) in [6, 6.07) is 16.2. The quantitative estimate of drug-likeness (QED) is 0.0319. The molecule has 0 spiro atoms. The Bertz CT molecular complexity index is 2430. The second-order valence-corrected chi connectivity index (χ2v) is 14.6. The van der Waals surface area contributed by atoms with Gasteiger partial charge in [0.2, 0.25) is 17.8 Å². The molecule has 5 rings (SSSR count). The maximum absolute atomic E-state index is 13.5. The van der Waals surface area contributed by atoms with Crippen molar-refractivity contribution in [2.45, 2.75) is 9.79 Å². The van der Waals surface area contributed by atoms with Gasteiger partial charge in [-0.1, -0.05) is 23.2 Å². The van der Waals surface area contributed by atoms with Gasteiger partial charge in [0.25, 0.3) is 26.1 Å². The number of fused-ring (bicyclic) bond motifs is 1. The number of aromatic hydroxyl groups is 1. The van der Waals surface area contributed by atoms with Crippen LogP contribution in [0.5, 0.6) is 5.75 Å². The van der Waals surface area contributed by atoms with Crippen LogP contribution in [0.1, 0.15) is 20.7 Å². The summed E-state index contributed by atoms with van der Waals surface area (Å²) < 4.78 is 70.2. The number of benzene rings is 4. The van der Waals surface area contributed by atoms with Crippen LogP contribution in [0.4, 0.5) is 34.9 Å². The van der Waals surface area contributed by atoms with Crippen LogP contribution in [-0.4, -0.2) is 87.6 Å². The number of rotatable bonds is 15. The van der Waals surface area contributed by atoms with Crippen LogP contribution in [0, 0.1) is 0 Å². The van der Waals surface area contributed by atoms with Gasteiger partial charge in [-0.25, -0.2) is 10.1 Å². The van der Waals surface area contributed by atoms with Crippen LogP contribution >= 0.6 is 12.0 Å². The molecule has 8 N–H and O–H groups in total. The number of carboxylic acid groups (broad SMARTS) is 1. The van der Waals surface area contributed by atoms with E-state index >= 15 is 0 Å². The van der Waals surface area contributed by atoms with Crippen molar-refractivity contribution in [2.75, 3.05) is 40.2 Å². The highest BCUT2D eigenvalue weighted by atomic mass is 32.2. The zero-order valence-electron chi connectivity index (χ0n) is 26.9. The maximum Gasteiger partial charge on any atom is 0.337 e. The molecule has 0 bridgehead atoms. The molecule has 0 atom stereocenters. The Kier molecular flexibility index (Phi) is 11.6. The molecule has 0 fully saturated rings. The third-order valence-electron chi connectivity index (χ3n) is 7.12. The van der Waals surface area contributed by atoms with Gasteiger partial charge in [0.15, 0.2) is 0 Å². The van der Waals surface area contributed by atoms with Gasteiger partial charge < -0.3 is 31.1 Å². The molecule has 0 aliphatic heterocycles. The van der Waals surface area contributed by atoms with E-state index in [1.807, 2.05) is 0 Å². The highest BCUT2D eigenvalue weighted by Gasteiger charge is 2.20. The van der Waals surface area contributed by atoms with E-state index < -0.39 is 48.5 Å². The van der Waals surface area contributed by atoms with Crippen molar-refractivity contribution in [3.63, 3.8) is 0 Å². The molecule has 4 aromatic carbocycles. The lowest BCUT2D eigenvalue weighted by Crippen LogP contribution is -2.27. The fourth-order valence-electron chi connectivity index (χ4n) is 4.75. The van der Waals surface area contributed by atoms with Gasteiger partial charge in [-0.3, -0.25) is 13.9 Å². The maximum atomic E-state index is 13.5. The largest absolute Gasteiger partial charge is 0.507 e. The molecule has 1 aromatic heterocycles. The molecule has 1 heterocycles. The van der Waals surface area contributed by atoms with Gasteiger partial charge in [0.05, 0.1) is 39.6 Å². The van der Waals surface area contributed by atoms with Gasteiger partial charge in [-0.05, 0) is 60.0 Å². The minimum atomic E-state index is -4.80. The van der Waals surface area contributed by atoms with Crippen LogP contribution in [0.3, 0.4) is 0 Å². The van der Waals surface area contributed by atoms with Crippen LogP contribution in [0.2, 0.25) is 0 Å². The molecule has 0 unspecified atom stereocenters. The molecule has 0 aliphatic rings. The van der Waals surface area contributed by atoms with E-state index in [1.54, 1.807) is 6.07 Å². The van der Waals surface area contributed by atoms with Crippen LogP contribution < -0.4 is 20.9 Å². The Morgan fingerprint density at radius 3 is 2.28 bits per heavy atom. The molecular formula is C30H27N7O13S3. The molecule has 53 heavy (non-hydrogen) atoms. The number of carbonyl (C=O) groups is 2. The number of phenols is 1. The van der Waals surface area contributed by atoms with Crippen molar-refractivity contribution >= 4 is 89.8 Å². The highest BCUT2D eigenvalue weighted by Crippen LogP contribution is 2.38. The summed E-state index contributed by atoms with van der Waals surface area (Å²) in [4.78, 5) is 39.0. The standard InChI is InChI=1S/C30H27N7O13S3/c1-37(9-10-52(43,44)45)30-35-28(34-29(36-30)33-22-8-3-2-7-21(22)27(40)41)31-18-6-4-5-16(11-18)26(39)32-23-15-20(53(46,47)48)13-17-12-19(51-50-49-42)14-24(38)25(17)23/h2-8,11-15,38,42H,9-10H2,1H3,(H,32,39)(H,40,41)(H,43,44,45)(H,46,47,48)(H2,31,33,34,35,36). The van der Waals surface area contributed by atoms with E-state index in [4.69, 9.17) is 5.26 Å². The fourth-order valence-corrected chi connectivity index (χ4v) is 6.24. The topological polar surface area (TPSA) is 300 Å². The summed E-state index contributed by atoms with van der Waals surface area (Å²) in [5.74, 6) is -3.48. The Morgan fingerprint density at radius 1 is 0.887 bits per heavy atom. The summed E-state index contributed by atoms with van der Waals surface area (Å²) in [6.45, 7) is -0.239.